The number of rotatable bonds is 4. The Morgan fingerprint density at radius 3 is 2.36 bits per heavy atom. The second-order valence-electron chi connectivity index (χ2n) is 7.28. The van der Waals surface area contributed by atoms with Crippen LogP contribution in [0.5, 0.6) is 0 Å². The first-order chi connectivity index (χ1) is 11.9. The Kier molecular flexibility index (Phi) is 5.84. The van der Waals surface area contributed by atoms with Crippen molar-refractivity contribution in [2.45, 2.75) is 44.3 Å². The molecule has 2 heterocycles. The molecule has 0 atom stereocenters. The molecule has 2 N–H and O–H groups in total. The van der Waals surface area contributed by atoms with E-state index in [4.69, 9.17) is 5.73 Å². The minimum absolute atomic E-state index is 0.389. The first-order valence-corrected chi connectivity index (χ1v) is 9.19. The van der Waals surface area contributed by atoms with Crippen molar-refractivity contribution in [1.29, 1.82) is 0 Å². The Labute approximate surface area is 147 Å². The maximum Gasteiger partial charge on any atom is 0.433 e. The van der Waals surface area contributed by atoms with Crippen molar-refractivity contribution >= 4 is 5.82 Å². The van der Waals surface area contributed by atoms with Crippen molar-refractivity contribution in [3.63, 3.8) is 0 Å². The lowest BCUT2D eigenvalue weighted by atomic mass is 9.84. The molecule has 3 rings (SSSR count). The molecule has 25 heavy (non-hydrogen) atoms. The zero-order valence-corrected chi connectivity index (χ0v) is 14.5. The number of hydrogen-bond acceptors (Lipinski definition) is 4. The van der Waals surface area contributed by atoms with Gasteiger partial charge in [-0.25, -0.2) is 4.98 Å². The summed E-state index contributed by atoms with van der Waals surface area (Å²) in [5.74, 6) is 1.21. The molecule has 140 valence electrons. The van der Waals surface area contributed by atoms with Gasteiger partial charge in [0, 0.05) is 32.2 Å². The Morgan fingerprint density at radius 1 is 1.04 bits per heavy atom. The number of anilines is 1. The highest BCUT2D eigenvalue weighted by atomic mass is 19.4. The fraction of sp³-hybridized carbons (Fsp3) is 0.722. The summed E-state index contributed by atoms with van der Waals surface area (Å²) in [4.78, 5) is 8.15. The Balaban J connectivity index is 1.46. The smallest absolute Gasteiger partial charge is 0.354 e. The van der Waals surface area contributed by atoms with E-state index < -0.39 is 11.9 Å². The van der Waals surface area contributed by atoms with Gasteiger partial charge < -0.3 is 10.6 Å². The zero-order valence-electron chi connectivity index (χ0n) is 14.5. The standard InChI is InChI=1S/C18H27F3N4/c19-18(20,21)16-2-1-3-17(23-16)25-12-10-24(11-13-25)9-8-14-4-6-15(22)7-5-14/h1-3,14-15H,4-13,22H2/t14-,15-. The molecule has 1 saturated carbocycles. The first kappa shape index (κ1) is 18.5. The number of piperazine rings is 1. The molecule has 0 aromatic carbocycles. The summed E-state index contributed by atoms with van der Waals surface area (Å²) in [7, 11) is 0. The fourth-order valence-electron chi connectivity index (χ4n) is 3.80. The highest BCUT2D eigenvalue weighted by Crippen LogP contribution is 2.29. The van der Waals surface area contributed by atoms with Crippen molar-refractivity contribution < 1.29 is 13.2 Å². The van der Waals surface area contributed by atoms with Gasteiger partial charge in [0.2, 0.25) is 0 Å². The topological polar surface area (TPSA) is 45.4 Å². The maximum absolute atomic E-state index is 12.8. The van der Waals surface area contributed by atoms with Crippen LogP contribution >= 0.6 is 0 Å². The third-order valence-electron chi connectivity index (χ3n) is 5.47. The molecule has 1 aromatic rings. The predicted molar refractivity (Wildman–Crippen MR) is 92.4 cm³/mol. The lowest BCUT2D eigenvalue weighted by molar-refractivity contribution is -0.141. The molecule has 1 aromatic heterocycles. The molecule has 0 spiro atoms. The van der Waals surface area contributed by atoms with E-state index in [0.717, 1.165) is 57.5 Å². The van der Waals surface area contributed by atoms with E-state index in [0.29, 0.717) is 11.9 Å². The first-order valence-electron chi connectivity index (χ1n) is 9.19. The number of nitrogens with two attached hydrogens (primary N) is 1. The second kappa shape index (κ2) is 7.91. The minimum atomic E-state index is -4.39. The molecule has 2 fully saturated rings. The third-order valence-corrected chi connectivity index (χ3v) is 5.47. The molecular formula is C18H27F3N4. The van der Waals surface area contributed by atoms with Crippen LogP contribution in [0, 0.1) is 5.92 Å². The van der Waals surface area contributed by atoms with Crippen LogP contribution in [-0.4, -0.2) is 48.6 Å². The van der Waals surface area contributed by atoms with Crippen LogP contribution in [0.1, 0.15) is 37.8 Å². The molecule has 1 aliphatic heterocycles. The van der Waals surface area contributed by atoms with E-state index in [9.17, 15) is 13.2 Å². The number of alkyl halides is 3. The molecule has 0 bridgehead atoms. The zero-order chi connectivity index (χ0) is 17.9. The third kappa shape index (κ3) is 5.07. The summed E-state index contributed by atoms with van der Waals surface area (Å²) >= 11 is 0. The number of aromatic nitrogens is 1. The van der Waals surface area contributed by atoms with Crippen molar-refractivity contribution in [2.24, 2.45) is 11.7 Å². The fourth-order valence-corrected chi connectivity index (χ4v) is 3.80. The lowest BCUT2D eigenvalue weighted by Crippen LogP contribution is -2.47. The van der Waals surface area contributed by atoms with Crippen molar-refractivity contribution in [2.75, 3.05) is 37.6 Å². The quantitative estimate of drug-likeness (QED) is 0.900. The normalized spacial score (nSPS) is 26.0. The number of nitrogens with zero attached hydrogens (tertiary/aromatic N) is 3. The highest BCUT2D eigenvalue weighted by molar-refractivity contribution is 5.40. The van der Waals surface area contributed by atoms with Gasteiger partial charge in [-0.1, -0.05) is 6.07 Å². The Hall–Kier alpha value is -1.34. The lowest BCUT2D eigenvalue weighted by Gasteiger charge is -2.36. The molecule has 1 saturated heterocycles. The molecule has 0 radical (unpaired) electrons. The number of pyridine rings is 1. The van der Waals surface area contributed by atoms with Crippen LogP contribution in [0.3, 0.4) is 0 Å². The van der Waals surface area contributed by atoms with E-state index >= 15 is 0 Å². The predicted octanol–water partition coefficient (Wildman–Crippen LogP) is 3.13. The van der Waals surface area contributed by atoms with Crippen LogP contribution in [0.2, 0.25) is 0 Å². The molecular weight excluding hydrogens is 329 g/mol. The average Bonchev–Trinajstić information content (AvgIpc) is 2.61. The molecule has 4 nitrogen and oxygen atoms in total. The second-order valence-corrected chi connectivity index (χ2v) is 7.28. The molecule has 0 amide bonds. The van der Waals surface area contributed by atoms with Crippen LogP contribution in [-0.2, 0) is 6.18 Å². The Morgan fingerprint density at radius 2 is 1.72 bits per heavy atom. The molecule has 2 aliphatic rings. The minimum Gasteiger partial charge on any atom is -0.354 e. The van der Waals surface area contributed by atoms with Crippen molar-refractivity contribution in [3.8, 4) is 0 Å². The summed E-state index contributed by atoms with van der Waals surface area (Å²) in [6, 6.07) is 4.51. The van der Waals surface area contributed by atoms with Gasteiger partial charge in [-0.05, 0) is 56.7 Å². The number of halogens is 3. The van der Waals surface area contributed by atoms with Gasteiger partial charge in [0.1, 0.15) is 11.5 Å². The van der Waals surface area contributed by atoms with E-state index in [-0.39, 0.29) is 0 Å². The maximum atomic E-state index is 12.8. The SMILES string of the molecule is N[C@H]1CC[C@H](CCN2CCN(c3cccc(C(F)(F)F)n3)CC2)CC1. The van der Waals surface area contributed by atoms with E-state index in [1.165, 1.54) is 25.3 Å². The van der Waals surface area contributed by atoms with Gasteiger partial charge in [0.15, 0.2) is 0 Å². The average molecular weight is 356 g/mol. The van der Waals surface area contributed by atoms with Gasteiger partial charge in [0.05, 0.1) is 0 Å². The molecule has 0 unspecified atom stereocenters. The molecule has 1 aliphatic carbocycles. The van der Waals surface area contributed by atoms with Crippen molar-refractivity contribution in [3.05, 3.63) is 23.9 Å². The van der Waals surface area contributed by atoms with Crippen LogP contribution < -0.4 is 10.6 Å². The van der Waals surface area contributed by atoms with E-state index in [1.54, 1.807) is 6.07 Å². The molecule has 7 heteroatoms. The summed E-state index contributed by atoms with van der Waals surface area (Å²) in [6.07, 6.45) is 1.55. The van der Waals surface area contributed by atoms with Gasteiger partial charge in [-0.15, -0.1) is 0 Å². The van der Waals surface area contributed by atoms with Gasteiger partial charge in [0.25, 0.3) is 0 Å². The summed E-state index contributed by atoms with van der Waals surface area (Å²) in [6.45, 7) is 4.28. The van der Waals surface area contributed by atoms with Crippen LogP contribution in [0.4, 0.5) is 19.0 Å². The summed E-state index contributed by atoms with van der Waals surface area (Å²) in [5.41, 5.74) is 5.13. The monoisotopic (exact) mass is 356 g/mol. The van der Waals surface area contributed by atoms with Gasteiger partial charge in [-0.2, -0.15) is 13.2 Å². The highest BCUT2D eigenvalue weighted by Gasteiger charge is 2.33. The Bertz CT molecular complexity index is 547. The van der Waals surface area contributed by atoms with Gasteiger partial charge in [-0.3, -0.25) is 4.90 Å². The van der Waals surface area contributed by atoms with E-state index in [1.807, 2.05) is 4.90 Å². The summed E-state index contributed by atoms with van der Waals surface area (Å²) in [5, 5.41) is 0. The van der Waals surface area contributed by atoms with Crippen LogP contribution in [0.15, 0.2) is 18.2 Å². The summed E-state index contributed by atoms with van der Waals surface area (Å²) < 4.78 is 38.4. The van der Waals surface area contributed by atoms with Crippen molar-refractivity contribution in [1.82, 2.24) is 9.88 Å². The van der Waals surface area contributed by atoms with E-state index in [2.05, 4.69) is 9.88 Å². The number of hydrogen-bond donors (Lipinski definition) is 1. The largest absolute Gasteiger partial charge is 0.433 e. The van der Waals surface area contributed by atoms with Crippen LogP contribution in [0.25, 0.3) is 0 Å². The van der Waals surface area contributed by atoms with Gasteiger partial charge >= 0.3 is 6.18 Å².